The van der Waals surface area contributed by atoms with E-state index in [4.69, 9.17) is 0 Å². The summed E-state index contributed by atoms with van der Waals surface area (Å²) in [5.41, 5.74) is 1.48. The van der Waals surface area contributed by atoms with Gasteiger partial charge in [-0.1, -0.05) is 63.9 Å². The van der Waals surface area contributed by atoms with Crippen LogP contribution in [0.2, 0.25) is 0 Å². The molecule has 1 atom stereocenters. The van der Waals surface area contributed by atoms with Gasteiger partial charge in [-0.3, -0.25) is 0 Å². The van der Waals surface area contributed by atoms with Gasteiger partial charge >= 0.3 is 0 Å². The van der Waals surface area contributed by atoms with E-state index in [1.54, 1.807) is 0 Å². The summed E-state index contributed by atoms with van der Waals surface area (Å²) in [6.45, 7) is 10.8. The lowest BCUT2D eigenvalue weighted by atomic mass is 9.98. The van der Waals surface area contributed by atoms with E-state index < -0.39 is 0 Å². The van der Waals surface area contributed by atoms with Gasteiger partial charge in [0.05, 0.1) is 0 Å². The molecule has 1 aromatic carbocycles. The van der Waals surface area contributed by atoms with Crippen LogP contribution in [-0.2, 0) is 6.42 Å². The molecule has 1 heteroatoms. The average molecular weight is 275 g/mol. The fourth-order valence-corrected chi connectivity index (χ4v) is 2.62. The third-order valence-electron chi connectivity index (χ3n) is 4.02. The molecule has 0 fully saturated rings. The van der Waals surface area contributed by atoms with E-state index in [1.165, 1.54) is 63.7 Å². The molecule has 20 heavy (non-hydrogen) atoms. The van der Waals surface area contributed by atoms with Gasteiger partial charge in [-0.2, -0.15) is 0 Å². The molecule has 0 spiro atoms. The third kappa shape index (κ3) is 7.69. The topological polar surface area (TPSA) is 3.24 Å². The van der Waals surface area contributed by atoms with Crippen LogP contribution >= 0.6 is 0 Å². The highest BCUT2D eigenvalue weighted by Crippen LogP contribution is 2.13. The van der Waals surface area contributed by atoms with Gasteiger partial charge in [-0.05, 0) is 56.8 Å². The molecule has 1 aromatic rings. The molecule has 0 aliphatic rings. The van der Waals surface area contributed by atoms with Crippen LogP contribution in [-0.4, -0.2) is 24.5 Å². The van der Waals surface area contributed by atoms with Crippen molar-refractivity contribution in [2.45, 2.75) is 59.3 Å². The number of hydrogen-bond donors (Lipinski definition) is 0. The third-order valence-corrected chi connectivity index (χ3v) is 4.02. The zero-order valence-corrected chi connectivity index (χ0v) is 13.8. The number of unbranched alkanes of at least 4 members (excludes halogenated alkanes) is 2. The largest absolute Gasteiger partial charge is 0.303 e. The quantitative estimate of drug-likeness (QED) is 0.539. The van der Waals surface area contributed by atoms with Crippen LogP contribution in [0, 0.1) is 5.92 Å². The van der Waals surface area contributed by atoms with E-state index in [1.807, 2.05) is 0 Å². The number of rotatable bonds is 11. The predicted molar refractivity (Wildman–Crippen MR) is 90.2 cm³/mol. The Morgan fingerprint density at radius 1 is 0.900 bits per heavy atom. The first-order valence-corrected chi connectivity index (χ1v) is 8.52. The summed E-state index contributed by atoms with van der Waals surface area (Å²) in [7, 11) is 0. The zero-order chi connectivity index (χ0) is 14.6. The first-order chi connectivity index (χ1) is 9.76. The highest BCUT2D eigenvalue weighted by molar-refractivity contribution is 5.15. The standard InChI is InChI=1S/C19H33N/c1-4-6-14-20(15-7-5-2)16-13-18(3)17-19-11-9-8-10-12-19/h8-12,18H,4-7,13-17H2,1-3H3. The van der Waals surface area contributed by atoms with Crippen molar-refractivity contribution in [1.29, 1.82) is 0 Å². The Morgan fingerprint density at radius 2 is 1.50 bits per heavy atom. The maximum absolute atomic E-state index is 2.68. The van der Waals surface area contributed by atoms with Gasteiger partial charge in [0, 0.05) is 0 Å². The monoisotopic (exact) mass is 275 g/mol. The average Bonchev–Trinajstić information content (AvgIpc) is 2.47. The molecule has 1 rings (SSSR count). The summed E-state index contributed by atoms with van der Waals surface area (Å²) in [4.78, 5) is 2.68. The van der Waals surface area contributed by atoms with Crippen LogP contribution in [0.5, 0.6) is 0 Å². The van der Waals surface area contributed by atoms with E-state index in [0.29, 0.717) is 0 Å². The molecule has 0 aromatic heterocycles. The fourth-order valence-electron chi connectivity index (χ4n) is 2.62. The molecule has 0 saturated carbocycles. The van der Waals surface area contributed by atoms with Crippen molar-refractivity contribution in [3.8, 4) is 0 Å². The Balaban J connectivity index is 2.29. The van der Waals surface area contributed by atoms with Crippen molar-refractivity contribution in [3.63, 3.8) is 0 Å². The normalized spacial score (nSPS) is 12.8. The lowest BCUT2D eigenvalue weighted by Gasteiger charge is -2.23. The summed E-state index contributed by atoms with van der Waals surface area (Å²) in [5.74, 6) is 0.781. The lowest BCUT2D eigenvalue weighted by molar-refractivity contribution is 0.247. The fraction of sp³-hybridized carbons (Fsp3) is 0.684. The van der Waals surface area contributed by atoms with Crippen molar-refractivity contribution < 1.29 is 0 Å². The van der Waals surface area contributed by atoms with Crippen LogP contribution < -0.4 is 0 Å². The Bertz CT molecular complexity index is 312. The second-order valence-corrected chi connectivity index (χ2v) is 6.13. The van der Waals surface area contributed by atoms with Gasteiger partial charge in [0.2, 0.25) is 0 Å². The van der Waals surface area contributed by atoms with Gasteiger partial charge in [0.1, 0.15) is 0 Å². The van der Waals surface area contributed by atoms with Crippen molar-refractivity contribution >= 4 is 0 Å². The maximum Gasteiger partial charge on any atom is -0.00161 e. The number of hydrogen-bond acceptors (Lipinski definition) is 1. The molecule has 0 radical (unpaired) electrons. The molecule has 1 nitrogen and oxygen atoms in total. The molecular weight excluding hydrogens is 242 g/mol. The molecule has 114 valence electrons. The highest BCUT2D eigenvalue weighted by Gasteiger charge is 2.08. The molecule has 1 unspecified atom stereocenters. The Labute approximate surface area is 126 Å². The van der Waals surface area contributed by atoms with E-state index in [9.17, 15) is 0 Å². The van der Waals surface area contributed by atoms with E-state index in [0.717, 1.165) is 5.92 Å². The minimum Gasteiger partial charge on any atom is -0.303 e. The second kappa shape index (κ2) is 10.9. The van der Waals surface area contributed by atoms with E-state index >= 15 is 0 Å². The first kappa shape index (κ1) is 17.2. The van der Waals surface area contributed by atoms with E-state index in [2.05, 4.69) is 56.0 Å². The van der Waals surface area contributed by atoms with Crippen LogP contribution in [0.3, 0.4) is 0 Å². The molecule has 0 aliphatic carbocycles. The Morgan fingerprint density at radius 3 is 2.05 bits per heavy atom. The Hall–Kier alpha value is -0.820. The summed E-state index contributed by atoms with van der Waals surface area (Å²) in [6, 6.07) is 10.9. The highest BCUT2D eigenvalue weighted by atomic mass is 15.1. The molecule has 0 N–H and O–H groups in total. The number of benzene rings is 1. The summed E-state index contributed by atoms with van der Waals surface area (Å²) in [6.07, 6.45) is 7.84. The minimum absolute atomic E-state index is 0.781. The zero-order valence-electron chi connectivity index (χ0n) is 13.8. The van der Waals surface area contributed by atoms with Gasteiger partial charge in [0.15, 0.2) is 0 Å². The lowest BCUT2D eigenvalue weighted by Crippen LogP contribution is -2.28. The Kier molecular flexibility index (Phi) is 9.40. The summed E-state index contributed by atoms with van der Waals surface area (Å²) >= 11 is 0. The van der Waals surface area contributed by atoms with Gasteiger partial charge in [-0.25, -0.2) is 0 Å². The molecular formula is C19H33N. The molecule has 0 bridgehead atoms. The molecule has 0 amide bonds. The van der Waals surface area contributed by atoms with E-state index in [-0.39, 0.29) is 0 Å². The molecule has 0 saturated heterocycles. The van der Waals surface area contributed by atoms with Crippen molar-refractivity contribution in [3.05, 3.63) is 35.9 Å². The summed E-state index contributed by atoms with van der Waals surface area (Å²) < 4.78 is 0. The van der Waals surface area contributed by atoms with Gasteiger partial charge < -0.3 is 4.90 Å². The van der Waals surface area contributed by atoms with Gasteiger partial charge in [0.25, 0.3) is 0 Å². The molecule has 0 heterocycles. The minimum atomic E-state index is 0.781. The predicted octanol–water partition coefficient (Wildman–Crippen LogP) is 5.16. The van der Waals surface area contributed by atoms with Crippen molar-refractivity contribution in [1.82, 2.24) is 4.90 Å². The van der Waals surface area contributed by atoms with Gasteiger partial charge in [-0.15, -0.1) is 0 Å². The smallest absolute Gasteiger partial charge is 0.00161 e. The maximum atomic E-state index is 2.68. The number of nitrogens with zero attached hydrogens (tertiary/aromatic N) is 1. The van der Waals surface area contributed by atoms with Crippen LogP contribution in [0.4, 0.5) is 0 Å². The second-order valence-electron chi connectivity index (χ2n) is 6.13. The molecule has 0 aliphatic heterocycles. The SMILES string of the molecule is CCCCN(CCCC)CCC(C)Cc1ccccc1. The first-order valence-electron chi connectivity index (χ1n) is 8.52. The van der Waals surface area contributed by atoms with Crippen molar-refractivity contribution in [2.24, 2.45) is 5.92 Å². The van der Waals surface area contributed by atoms with Crippen LogP contribution in [0.15, 0.2) is 30.3 Å². The summed E-state index contributed by atoms with van der Waals surface area (Å²) in [5, 5.41) is 0. The van der Waals surface area contributed by atoms with Crippen molar-refractivity contribution in [2.75, 3.05) is 19.6 Å². The van der Waals surface area contributed by atoms with Crippen LogP contribution in [0.25, 0.3) is 0 Å². The van der Waals surface area contributed by atoms with Crippen LogP contribution in [0.1, 0.15) is 58.4 Å².